The van der Waals surface area contributed by atoms with Crippen LogP contribution in [0.3, 0.4) is 0 Å². The standard InChI is InChI=1S/C6H5BBrClFN/c7-5(8)3-1-4(10)6(9)11-2-3/h1-2,5H,7H2. The Morgan fingerprint density at radius 2 is 2.36 bits per heavy atom. The van der Waals surface area contributed by atoms with Gasteiger partial charge in [-0.05, 0) is 11.6 Å². The Hall–Kier alpha value is -0.0851. The van der Waals surface area contributed by atoms with Crippen molar-refractivity contribution in [1.82, 2.24) is 4.98 Å². The van der Waals surface area contributed by atoms with Crippen LogP contribution in [-0.2, 0) is 0 Å². The fourth-order valence-electron chi connectivity index (χ4n) is 0.654. The molecule has 11 heavy (non-hydrogen) atoms. The molecule has 0 bridgehead atoms. The molecule has 1 heterocycles. The highest BCUT2D eigenvalue weighted by atomic mass is 79.9. The van der Waals surface area contributed by atoms with Crippen molar-refractivity contribution in [3.8, 4) is 0 Å². The maximum Gasteiger partial charge on any atom is 0.164 e. The first-order valence-electron chi connectivity index (χ1n) is 3.06. The third-order valence-electron chi connectivity index (χ3n) is 1.28. The third kappa shape index (κ3) is 2.17. The lowest BCUT2D eigenvalue weighted by Crippen LogP contribution is -1.92. The Kier molecular flexibility index (Phi) is 2.90. The molecule has 1 atom stereocenters. The van der Waals surface area contributed by atoms with Crippen LogP contribution in [0.25, 0.3) is 0 Å². The Labute approximate surface area is 78.5 Å². The fraction of sp³-hybridized carbons (Fsp3) is 0.167. The van der Waals surface area contributed by atoms with Crippen LogP contribution in [0.4, 0.5) is 4.39 Å². The second-order valence-corrected chi connectivity index (χ2v) is 3.89. The normalized spacial score (nSPS) is 13.0. The van der Waals surface area contributed by atoms with E-state index in [1.54, 1.807) is 6.20 Å². The van der Waals surface area contributed by atoms with Crippen molar-refractivity contribution in [3.05, 3.63) is 28.8 Å². The summed E-state index contributed by atoms with van der Waals surface area (Å²) in [7, 11) is 1.89. The number of alkyl halides is 1. The smallest absolute Gasteiger partial charge is 0.164 e. The molecule has 0 saturated carbocycles. The van der Waals surface area contributed by atoms with E-state index in [2.05, 4.69) is 20.9 Å². The topological polar surface area (TPSA) is 12.9 Å². The summed E-state index contributed by atoms with van der Waals surface area (Å²) in [4.78, 5) is 3.66. The van der Waals surface area contributed by atoms with Gasteiger partial charge < -0.3 is 0 Å². The molecule has 0 saturated heterocycles. The number of hydrogen-bond acceptors (Lipinski definition) is 1. The molecule has 0 aromatic carbocycles. The van der Waals surface area contributed by atoms with E-state index in [1.807, 2.05) is 7.85 Å². The van der Waals surface area contributed by atoms with Crippen LogP contribution in [0.5, 0.6) is 0 Å². The lowest BCUT2D eigenvalue weighted by atomic mass is 9.98. The van der Waals surface area contributed by atoms with Gasteiger partial charge in [-0.3, -0.25) is 0 Å². The number of halogens is 3. The molecule has 1 unspecified atom stereocenters. The highest BCUT2D eigenvalue weighted by molar-refractivity contribution is 9.09. The van der Waals surface area contributed by atoms with Gasteiger partial charge in [0.2, 0.25) is 0 Å². The second kappa shape index (κ2) is 3.54. The lowest BCUT2D eigenvalue weighted by Gasteiger charge is -2.02. The molecule has 0 fully saturated rings. The minimum atomic E-state index is -0.476. The van der Waals surface area contributed by atoms with Gasteiger partial charge in [-0.2, -0.15) is 0 Å². The highest BCUT2D eigenvalue weighted by Crippen LogP contribution is 2.20. The van der Waals surface area contributed by atoms with Crippen LogP contribution in [-0.4, -0.2) is 12.8 Å². The van der Waals surface area contributed by atoms with Gasteiger partial charge >= 0.3 is 0 Å². The zero-order valence-electron chi connectivity index (χ0n) is 5.81. The number of aromatic nitrogens is 1. The van der Waals surface area contributed by atoms with Gasteiger partial charge in [0.1, 0.15) is 7.85 Å². The summed E-state index contributed by atoms with van der Waals surface area (Å²) in [6, 6.07) is 1.37. The fourth-order valence-corrected chi connectivity index (χ4v) is 1.01. The quantitative estimate of drug-likeness (QED) is 0.412. The van der Waals surface area contributed by atoms with Crippen LogP contribution in [0.2, 0.25) is 5.15 Å². The predicted molar refractivity (Wildman–Crippen MR) is 49.4 cm³/mol. The molecule has 1 aromatic heterocycles. The second-order valence-electron chi connectivity index (χ2n) is 2.16. The molecule has 0 N–H and O–H groups in total. The minimum absolute atomic E-state index is 0.0816. The van der Waals surface area contributed by atoms with Crippen LogP contribution in [0.15, 0.2) is 12.3 Å². The van der Waals surface area contributed by atoms with Gasteiger partial charge in [0, 0.05) is 10.9 Å². The summed E-state index contributed by atoms with van der Waals surface area (Å²) < 4.78 is 12.8. The first-order chi connectivity index (χ1) is 5.11. The number of rotatable bonds is 1. The van der Waals surface area contributed by atoms with Crippen LogP contribution in [0, 0.1) is 5.82 Å². The van der Waals surface area contributed by atoms with Gasteiger partial charge in [0.25, 0.3) is 0 Å². The molecular weight excluding hydrogens is 231 g/mol. The summed E-state index contributed by atoms with van der Waals surface area (Å²) in [6.07, 6.45) is 1.55. The highest BCUT2D eigenvalue weighted by Gasteiger charge is 2.05. The Bertz CT molecular complexity index is 269. The Morgan fingerprint density at radius 1 is 1.73 bits per heavy atom. The molecule has 1 rings (SSSR count). The monoisotopic (exact) mass is 235 g/mol. The first kappa shape index (κ1) is 9.01. The van der Waals surface area contributed by atoms with E-state index in [0.29, 0.717) is 0 Å². The molecule has 1 aromatic rings. The first-order valence-corrected chi connectivity index (χ1v) is 4.35. The Morgan fingerprint density at radius 3 is 2.82 bits per heavy atom. The largest absolute Gasteiger partial charge is 0.241 e. The lowest BCUT2D eigenvalue weighted by molar-refractivity contribution is 0.620. The van der Waals surface area contributed by atoms with Crippen LogP contribution >= 0.6 is 27.5 Å². The van der Waals surface area contributed by atoms with Gasteiger partial charge in [0.05, 0.1) is 0 Å². The van der Waals surface area contributed by atoms with Crippen molar-refractivity contribution in [3.63, 3.8) is 0 Å². The van der Waals surface area contributed by atoms with Crippen molar-refractivity contribution in [2.45, 2.75) is 4.73 Å². The predicted octanol–water partition coefficient (Wildman–Crippen LogP) is 1.90. The molecule has 5 heteroatoms. The molecule has 0 aliphatic heterocycles. The SMILES string of the molecule is BC(Br)c1cnc(Cl)c(F)c1. The van der Waals surface area contributed by atoms with Gasteiger partial charge in [-0.1, -0.05) is 27.5 Å². The molecule has 0 radical (unpaired) electrons. The zero-order valence-corrected chi connectivity index (χ0v) is 8.16. The van der Waals surface area contributed by atoms with Crippen molar-refractivity contribution in [2.75, 3.05) is 0 Å². The zero-order chi connectivity index (χ0) is 8.43. The van der Waals surface area contributed by atoms with E-state index in [1.165, 1.54) is 6.07 Å². The summed E-state index contributed by atoms with van der Waals surface area (Å²) in [5.41, 5.74) is 0.784. The van der Waals surface area contributed by atoms with E-state index in [9.17, 15) is 4.39 Å². The summed E-state index contributed by atoms with van der Waals surface area (Å²) >= 11 is 8.68. The molecule has 1 nitrogen and oxygen atoms in total. The van der Waals surface area contributed by atoms with Crippen molar-refractivity contribution in [2.24, 2.45) is 0 Å². The molecule has 0 aliphatic carbocycles. The van der Waals surface area contributed by atoms with Crippen LogP contribution < -0.4 is 0 Å². The number of hydrogen-bond donors (Lipinski definition) is 0. The molecule has 0 amide bonds. The molecule has 0 spiro atoms. The minimum Gasteiger partial charge on any atom is -0.241 e. The summed E-state index contributed by atoms with van der Waals surface area (Å²) in [5.74, 6) is -0.476. The van der Waals surface area contributed by atoms with E-state index in [-0.39, 0.29) is 9.88 Å². The van der Waals surface area contributed by atoms with Gasteiger partial charge in [-0.15, -0.1) is 0 Å². The van der Waals surface area contributed by atoms with E-state index in [4.69, 9.17) is 11.6 Å². The molecule has 0 aliphatic rings. The van der Waals surface area contributed by atoms with E-state index in [0.717, 1.165) is 5.56 Å². The third-order valence-corrected chi connectivity index (χ3v) is 2.08. The molecule has 58 valence electrons. The van der Waals surface area contributed by atoms with Crippen molar-refractivity contribution in [1.29, 1.82) is 0 Å². The maximum atomic E-state index is 12.7. The van der Waals surface area contributed by atoms with E-state index < -0.39 is 5.82 Å². The average molecular weight is 236 g/mol. The summed E-state index contributed by atoms with van der Waals surface area (Å²) in [5, 5.41) is -0.0816. The van der Waals surface area contributed by atoms with Gasteiger partial charge in [0.15, 0.2) is 11.0 Å². The van der Waals surface area contributed by atoms with E-state index >= 15 is 0 Å². The summed E-state index contributed by atoms with van der Waals surface area (Å²) in [6.45, 7) is 0. The van der Waals surface area contributed by atoms with Gasteiger partial charge in [-0.25, -0.2) is 9.37 Å². The van der Waals surface area contributed by atoms with Crippen LogP contribution in [0.1, 0.15) is 10.3 Å². The molecular formula is C6H5BBrClFN. The maximum absolute atomic E-state index is 12.7. The average Bonchev–Trinajstić information content (AvgIpc) is 1.94. The van der Waals surface area contributed by atoms with Crippen molar-refractivity contribution < 1.29 is 4.39 Å². The Balaban J connectivity index is 3.05. The number of nitrogens with zero attached hydrogens (tertiary/aromatic N) is 1. The van der Waals surface area contributed by atoms with Crippen molar-refractivity contribution >= 4 is 35.4 Å². The number of pyridine rings is 1.